The Bertz CT molecular complexity index is 189. The first-order valence-electron chi connectivity index (χ1n) is 2.92. The van der Waals surface area contributed by atoms with E-state index in [1.807, 2.05) is 6.92 Å². The van der Waals surface area contributed by atoms with Gasteiger partial charge in [-0.05, 0) is 6.42 Å². The van der Waals surface area contributed by atoms with Crippen LogP contribution in [0, 0.1) is 0 Å². The number of hydrogen-bond donors (Lipinski definition) is 0. The lowest BCUT2D eigenvalue weighted by atomic mass is 10.2. The van der Waals surface area contributed by atoms with Crippen LogP contribution in [0.15, 0.2) is 23.5 Å². The van der Waals surface area contributed by atoms with Gasteiger partial charge in [-0.25, -0.2) is 4.98 Å². The van der Waals surface area contributed by atoms with E-state index in [2.05, 4.69) is 11.6 Å². The summed E-state index contributed by atoms with van der Waals surface area (Å²) in [6.07, 6.45) is 4.06. The summed E-state index contributed by atoms with van der Waals surface area (Å²) in [5.74, 6) is 0.650. The summed E-state index contributed by atoms with van der Waals surface area (Å²) in [5, 5.41) is 0. The van der Waals surface area contributed by atoms with Crippen LogP contribution in [0.1, 0.15) is 19.2 Å². The smallest absolute Gasteiger partial charge is 0.221 e. The van der Waals surface area contributed by atoms with Crippen molar-refractivity contribution >= 4 is 5.57 Å². The minimum Gasteiger partial charge on any atom is -0.445 e. The van der Waals surface area contributed by atoms with Crippen molar-refractivity contribution in [1.82, 2.24) is 4.98 Å². The summed E-state index contributed by atoms with van der Waals surface area (Å²) in [4.78, 5) is 3.92. The molecule has 0 N–H and O–H groups in total. The van der Waals surface area contributed by atoms with E-state index in [4.69, 9.17) is 4.42 Å². The summed E-state index contributed by atoms with van der Waals surface area (Å²) in [7, 11) is 0. The summed E-state index contributed by atoms with van der Waals surface area (Å²) in [6, 6.07) is 0. The van der Waals surface area contributed by atoms with Gasteiger partial charge in [-0.2, -0.15) is 0 Å². The third-order valence-electron chi connectivity index (χ3n) is 1.16. The van der Waals surface area contributed by atoms with E-state index in [9.17, 15) is 0 Å². The molecule has 48 valence electrons. The predicted octanol–water partition coefficient (Wildman–Crippen LogP) is 2.10. The van der Waals surface area contributed by atoms with Crippen LogP contribution >= 0.6 is 0 Å². The fourth-order valence-corrected chi connectivity index (χ4v) is 0.549. The molecule has 1 aromatic heterocycles. The third-order valence-corrected chi connectivity index (χ3v) is 1.16. The van der Waals surface area contributed by atoms with Crippen molar-refractivity contribution in [2.45, 2.75) is 13.3 Å². The van der Waals surface area contributed by atoms with Gasteiger partial charge in [-0.1, -0.05) is 13.5 Å². The number of oxazole rings is 1. The van der Waals surface area contributed by atoms with Gasteiger partial charge in [0.05, 0.1) is 6.20 Å². The molecular weight excluding hydrogens is 114 g/mol. The molecule has 0 aliphatic rings. The molecule has 0 saturated carbocycles. The number of nitrogens with zero attached hydrogens (tertiary/aromatic N) is 1. The van der Waals surface area contributed by atoms with E-state index in [1.54, 1.807) is 12.5 Å². The maximum atomic E-state index is 4.98. The minimum absolute atomic E-state index is 0.650. The molecule has 0 amide bonds. The highest BCUT2D eigenvalue weighted by atomic mass is 16.3. The lowest BCUT2D eigenvalue weighted by Gasteiger charge is -1.91. The number of allylic oxidation sites excluding steroid dienone is 1. The molecule has 0 bridgehead atoms. The number of rotatable bonds is 2. The average Bonchev–Trinajstić information content (AvgIpc) is 2.37. The first-order valence-corrected chi connectivity index (χ1v) is 2.92. The van der Waals surface area contributed by atoms with Crippen LogP contribution in [-0.2, 0) is 0 Å². The zero-order chi connectivity index (χ0) is 6.69. The van der Waals surface area contributed by atoms with Crippen LogP contribution in [0.2, 0.25) is 0 Å². The van der Waals surface area contributed by atoms with Gasteiger partial charge in [0.15, 0.2) is 0 Å². The molecule has 9 heavy (non-hydrogen) atoms. The Kier molecular flexibility index (Phi) is 1.68. The van der Waals surface area contributed by atoms with E-state index in [0.29, 0.717) is 5.89 Å². The average molecular weight is 123 g/mol. The van der Waals surface area contributed by atoms with Gasteiger partial charge in [0.1, 0.15) is 6.26 Å². The quantitative estimate of drug-likeness (QED) is 0.601. The Morgan fingerprint density at radius 2 is 2.67 bits per heavy atom. The standard InChI is InChI=1S/C7H9NO/c1-3-6(2)7-8-4-5-9-7/h4-5H,2-3H2,1H3. The second kappa shape index (κ2) is 2.49. The molecule has 1 rings (SSSR count). The van der Waals surface area contributed by atoms with Crippen LogP contribution in [0.25, 0.3) is 5.57 Å². The Labute approximate surface area is 54.2 Å². The normalized spacial score (nSPS) is 9.44. The van der Waals surface area contributed by atoms with Crippen LogP contribution in [0.5, 0.6) is 0 Å². The van der Waals surface area contributed by atoms with Crippen LogP contribution in [0.3, 0.4) is 0 Å². The highest BCUT2D eigenvalue weighted by molar-refractivity contribution is 5.54. The molecule has 0 atom stereocenters. The molecule has 0 saturated heterocycles. The zero-order valence-electron chi connectivity index (χ0n) is 5.42. The third kappa shape index (κ3) is 1.19. The second-order valence-corrected chi connectivity index (χ2v) is 1.79. The van der Waals surface area contributed by atoms with Crippen molar-refractivity contribution in [1.29, 1.82) is 0 Å². The summed E-state index contributed by atoms with van der Waals surface area (Å²) in [5.41, 5.74) is 0.944. The van der Waals surface area contributed by atoms with Crippen molar-refractivity contribution in [2.75, 3.05) is 0 Å². The highest BCUT2D eigenvalue weighted by Crippen LogP contribution is 2.11. The number of aromatic nitrogens is 1. The monoisotopic (exact) mass is 123 g/mol. The fraction of sp³-hybridized carbons (Fsp3) is 0.286. The molecular formula is C7H9NO. The van der Waals surface area contributed by atoms with Crippen molar-refractivity contribution in [3.63, 3.8) is 0 Å². The molecule has 1 aromatic rings. The molecule has 0 spiro atoms. The van der Waals surface area contributed by atoms with Gasteiger partial charge in [-0.15, -0.1) is 0 Å². The SMILES string of the molecule is C=C(CC)c1ncco1. The predicted molar refractivity (Wildman–Crippen MR) is 35.8 cm³/mol. The fourth-order valence-electron chi connectivity index (χ4n) is 0.549. The van der Waals surface area contributed by atoms with Crippen molar-refractivity contribution in [3.8, 4) is 0 Å². The van der Waals surface area contributed by atoms with E-state index in [-0.39, 0.29) is 0 Å². The molecule has 0 aromatic carbocycles. The summed E-state index contributed by atoms with van der Waals surface area (Å²) < 4.78 is 4.98. The van der Waals surface area contributed by atoms with Gasteiger partial charge in [0.2, 0.25) is 5.89 Å². The maximum Gasteiger partial charge on any atom is 0.221 e. The molecule has 0 aliphatic heterocycles. The molecule has 0 radical (unpaired) electrons. The molecule has 0 fully saturated rings. The zero-order valence-corrected chi connectivity index (χ0v) is 5.42. The van der Waals surface area contributed by atoms with Crippen LogP contribution < -0.4 is 0 Å². The van der Waals surface area contributed by atoms with Gasteiger partial charge in [0, 0.05) is 5.57 Å². The van der Waals surface area contributed by atoms with E-state index >= 15 is 0 Å². The van der Waals surface area contributed by atoms with Crippen molar-refractivity contribution < 1.29 is 4.42 Å². The molecule has 2 heteroatoms. The van der Waals surface area contributed by atoms with Crippen LogP contribution in [-0.4, -0.2) is 4.98 Å². The summed E-state index contributed by atoms with van der Waals surface area (Å²) in [6.45, 7) is 5.78. The maximum absolute atomic E-state index is 4.98. The highest BCUT2D eigenvalue weighted by Gasteiger charge is 1.97. The van der Waals surface area contributed by atoms with Gasteiger partial charge in [0.25, 0.3) is 0 Å². The van der Waals surface area contributed by atoms with E-state index in [1.165, 1.54) is 0 Å². The van der Waals surface area contributed by atoms with Gasteiger partial charge >= 0.3 is 0 Å². The molecule has 2 nitrogen and oxygen atoms in total. The lowest BCUT2D eigenvalue weighted by Crippen LogP contribution is -1.77. The summed E-state index contributed by atoms with van der Waals surface area (Å²) >= 11 is 0. The molecule has 0 unspecified atom stereocenters. The Morgan fingerprint density at radius 3 is 3.11 bits per heavy atom. The largest absolute Gasteiger partial charge is 0.445 e. The Balaban J connectivity index is 2.77. The Hall–Kier alpha value is -1.05. The topological polar surface area (TPSA) is 26.0 Å². The first kappa shape index (κ1) is 6.08. The number of hydrogen-bond acceptors (Lipinski definition) is 2. The Morgan fingerprint density at radius 1 is 1.89 bits per heavy atom. The van der Waals surface area contributed by atoms with E-state index < -0.39 is 0 Å². The van der Waals surface area contributed by atoms with Crippen molar-refractivity contribution in [2.24, 2.45) is 0 Å². The van der Waals surface area contributed by atoms with Gasteiger partial charge < -0.3 is 4.42 Å². The first-order chi connectivity index (χ1) is 4.34. The van der Waals surface area contributed by atoms with Crippen LogP contribution in [0.4, 0.5) is 0 Å². The molecule has 1 heterocycles. The second-order valence-electron chi connectivity index (χ2n) is 1.79. The van der Waals surface area contributed by atoms with Gasteiger partial charge in [-0.3, -0.25) is 0 Å². The lowest BCUT2D eigenvalue weighted by molar-refractivity contribution is 0.540. The minimum atomic E-state index is 0.650. The van der Waals surface area contributed by atoms with Crippen molar-refractivity contribution in [3.05, 3.63) is 24.9 Å². The molecule has 0 aliphatic carbocycles. The van der Waals surface area contributed by atoms with E-state index in [0.717, 1.165) is 12.0 Å².